The van der Waals surface area contributed by atoms with Crippen molar-refractivity contribution in [2.75, 3.05) is 6.54 Å². The lowest BCUT2D eigenvalue weighted by atomic mass is 9.92. The van der Waals surface area contributed by atoms with Gasteiger partial charge in [-0.15, -0.1) is 0 Å². The number of hydrogen-bond donors (Lipinski definition) is 1. The van der Waals surface area contributed by atoms with Crippen LogP contribution in [0.2, 0.25) is 0 Å². The van der Waals surface area contributed by atoms with Crippen LogP contribution in [0.15, 0.2) is 6.33 Å². The normalized spacial score (nSPS) is 18.0. The van der Waals surface area contributed by atoms with E-state index in [4.69, 9.17) is 0 Å². The summed E-state index contributed by atoms with van der Waals surface area (Å²) in [6.07, 6.45) is 4.38. The van der Waals surface area contributed by atoms with E-state index in [2.05, 4.69) is 36.2 Å². The van der Waals surface area contributed by atoms with E-state index in [1.807, 2.05) is 4.68 Å². The van der Waals surface area contributed by atoms with Gasteiger partial charge >= 0.3 is 0 Å². The maximum atomic E-state index is 4.26. The van der Waals surface area contributed by atoms with E-state index >= 15 is 0 Å². The summed E-state index contributed by atoms with van der Waals surface area (Å²) >= 11 is 0. The lowest BCUT2D eigenvalue weighted by Gasteiger charge is -2.19. The lowest BCUT2D eigenvalue weighted by molar-refractivity contribution is 0.335. The molecule has 0 aromatic carbocycles. The molecule has 0 unspecified atom stereocenters. The standard InChI is InChI=1S/C12H22N4/c1-4-16-11(14-9-15-16)7-13-8-12(5-6-12)10(2)3/h9-10,13H,4-8H2,1-3H3. The van der Waals surface area contributed by atoms with Gasteiger partial charge in [0.25, 0.3) is 0 Å². The summed E-state index contributed by atoms with van der Waals surface area (Å²) in [6, 6.07) is 0. The molecular formula is C12H22N4. The largest absolute Gasteiger partial charge is 0.309 e. The van der Waals surface area contributed by atoms with Gasteiger partial charge in [0.2, 0.25) is 0 Å². The van der Waals surface area contributed by atoms with Gasteiger partial charge in [-0.05, 0) is 31.1 Å². The predicted octanol–water partition coefficient (Wildman–Crippen LogP) is 1.82. The monoisotopic (exact) mass is 222 g/mol. The Bertz CT molecular complexity index is 339. The molecule has 1 aliphatic rings. The predicted molar refractivity (Wildman–Crippen MR) is 63.9 cm³/mol. The van der Waals surface area contributed by atoms with E-state index in [1.54, 1.807) is 6.33 Å². The van der Waals surface area contributed by atoms with Gasteiger partial charge in [-0.3, -0.25) is 0 Å². The molecule has 0 spiro atoms. The highest BCUT2D eigenvalue weighted by molar-refractivity contribution is 4.97. The van der Waals surface area contributed by atoms with Crippen LogP contribution >= 0.6 is 0 Å². The summed E-state index contributed by atoms with van der Waals surface area (Å²) in [5.41, 5.74) is 0.567. The number of nitrogens with one attached hydrogen (secondary N) is 1. The summed E-state index contributed by atoms with van der Waals surface area (Å²) in [5.74, 6) is 1.83. The van der Waals surface area contributed by atoms with Gasteiger partial charge in [0.1, 0.15) is 12.2 Å². The summed E-state index contributed by atoms with van der Waals surface area (Å²) in [5, 5.41) is 7.69. The van der Waals surface area contributed by atoms with Crippen LogP contribution in [-0.2, 0) is 13.1 Å². The minimum Gasteiger partial charge on any atom is -0.309 e. The first-order valence-corrected chi connectivity index (χ1v) is 6.25. The van der Waals surface area contributed by atoms with Gasteiger partial charge in [-0.2, -0.15) is 5.10 Å². The van der Waals surface area contributed by atoms with Crippen molar-refractivity contribution >= 4 is 0 Å². The second-order valence-corrected chi connectivity index (χ2v) is 5.11. The zero-order valence-corrected chi connectivity index (χ0v) is 10.5. The van der Waals surface area contributed by atoms with Crippen LogP contribution in [0.1, 0.15) is 39.4 Å². The van der Waals surface area contributed by atoms with E-state index in [-0.39, 0.29) is 0 Å². The molecule has 1 aromatic rings. The second kappa shape index (κ2) is 4.53. The van der Waals surface area contributed by atoms with Crippen LogP contribution in [0.3, 0.4) is 0 Å². The Morgan fingerprint density at radius 2 is 2.25 bits per heavy atom. The highest BCUT2D eigenvalue weighted by Gasteiger charge is 2.44. The Labute approximate surface area is 97.5 Å². The number of hydrogen-bond acceptors (Lipinski definition) is 3. The quantitative estimate of drug-likeness (QED) is 0.798. The Hall–Kier alpha value is -0.900. The first-order chi connectivity index (χ1) is 7.68. The van der Waals surface area contributed by atoms with Crippen molar-refractivity contribution < 1.29 is 0 Å². The fourth-order valence-electron chi connectivity index (χ4n) is 2.23. The van der Waals surface area contributed by atoms with Crippen molar-refractivity contribution in [3.05, 3.63) is 12.2 Å². The average Bonchev–Trinajstić information content (AvgIpc) is 2.91. The van der Waals surface area contributed by atoms with Crippen molar-refractivity contribution in [3.63, 3.8) is 0 Å². The molecule has 0 radical (unpaired) electrons. The van der Waals surface area contributed by atoms with E-state index in [1.165, 1.54) is 12.8 Å². The van der Waals surface area contributed by atoms with Gasteiger partial charge in [-0.1, -0.05) is 13.8 Å². The number of aryl methyl sites for hydroxylation is 1. The number of nitrogens with zero attached hydrogens (tertiary/aromatic N) is 3. The Balaban J connectivity index is 1.80. The maximum absolute atomic E-state index is 4.26. The van der Waals surface area contributed by atoms with Crippen LogP contribution in [-0.4, -0.2) is 21.3 Å². The molecule has 4 heteroatoms. The van der Waals surface area contributed by atoms with Crippen molar-refractivity contribution in [3.8, 4) is 0 Å². The molecular weight excluding hydrogens is 200 g/mol. The first kappa shape index (κ1) is 11.6. The minimum absolute atomic E-state index is 0.567. The summed E-state index contributed by atoms with van der Waals surface area (Å²) in [4.78, 5) is 4.26. The topological polar surface area (TPSA) is 42.7 Å². The van der Waals surface area contributed by atoms with E-state index < -0.39 is 0 Å². The number of aromatic nitrogens is 3. The molecule has 4 nitrogen and oxygen atoms in total. The van der Waals surface area contributed by atoms with Gasteiger partial charge in [0.05, 0.1) is 6.54 Å². The molecule has 0 amide bonds. The Morgan fingerprint density at radius 3 is 2.81 bits per heavy atom. The number of rotatable bonds is 6. The van der Waals surface area contributed by atoms with Crippen molar-refractivity contribution in [2.24, 2.45) is 11.3 Å². The molecule has 0 aliphatic heterocycles. The third-order valence-electron chi connectivity index (χ3n) is 3.87. The van der Waals surface area contributed by atoms with Gasteiger partial charge in [0, 0.05) is 13.1 Å². The summed E-state index contributed by atoms with van der Waals surface area (Å²) in [7, 11) is 0. The molecule has 1 aliphatic carbocycles. The van der Waals surface area contributed by atoms with Gasteiger partial charge in [0.15, 0.2) is 0 Å². The van der Waals surface area contributed by atoms with Gasteiger partial charge < -0.3 is 5.32 Å². The smallest absolute Gasteiger partial charge is 0.140 e. The van der Waals surface area contributed by atoms with Crippen molar-refractivity contribution in [2.45, 2.75) is 46.7 Å². The Kier molecular flexibility index (Phi) is 3.28. The fourth-order valence-corrected chi connectivity index (χ4v) is 2.23. The molecule has 0 bridgehead atoms. The average molecular weight is 222 g/mol. The zero-order valence-electron chi connectivity index (χ0n) is 10.5. The van der Waals surface area contributed by atoms with Gasteiger partial charge in [-0.25, -0.2) is 9.67 Å². The molecule has 16 heavy (non-hydrogen) atoms. The highest BCUT2D eigenvalue weighted by atomic mass is 15.3. The van der Waals surface area contributed by atoms with Crippen LogP contribution in [0.5, 0.6) is 0 Å². The van der Waals surface area contributed by atoms with Crippen LogP contribution < -0.4 is 5.32 Å². The van der Waals surface area contributed by atoms with E-state index in [0.717, 1.165) is 31.4 Å². The molecule has 2 rings (SSSR count). The summed E-state index contributed by atoms with van der Waals surface area (Å²) in [6.45, 7) is 9.58. The molecule has 1 heterocycles. The SMILES string of the molecule is CCn1ncnc1CNCC1(C(C)C)CC1. The highest BCUT2D eigenvalue weighted by Crippen LogP contribution is 2.51. The molecule has 90 valence electrons. The summed E-state index contributed by atoms with van der Waals surface area (Å²) < 4.78 is 1.95. The lowest BCUT2D eigenvalue weighted by Crippen LogP contribution is -2.28. The zero-order chi connectivity index (χ0) is 11.6. The van der Waals surface area contributed by atoms with Crippen LogP contribution in [0.4, 0.5) is 0 Å². The minimum atomic E-state index is 0.567. The van der Waals surface area contributed by atoms with Crippen molar-refractivity contribution in [1.29, 1.82) is 0 Å². The van der Waals surface area contributed by atoms with E-state index in [0.29, 0.717) is 5.41 Å². The molecule has 1 fully saturated rings. The Morgan fingerprint density at radius 1 is 1.50 bits per heavy atom. The third kappa shape index (κ3) is 2.26. The second-order valence-electron chi connectivity index (χ2n) is 5.11. The molecule has 0 atom stereocenters. The first-order valence-electron chi connectivity index (χ1n) is 6.25. The van der Waals surface area contributed by atoms with Crippen LogP contribution in [0, 0.1) is 11.3 Å². The molecule has 1 N–H and O–H groups in total. The fraction of sp³-hybridized carbons (Fsp3) is 0.833. The van der Waals surface area contributed by atoms with Crippen molar-refractivity contribution in [1.82, 2.24) is 20.1 Å². The molecule has 1 aromatic heterocycles. The maximum Gasteiger partial charge on any atom is 0.140 e. The third-order valence-corrected chi connectivity index (χ3v) is 3.87. The molecule has 1 saturated carbocycles. The molecule has 0 saturated heterocycles. The van der Waals surface area contributed by atoms with Crippen LogP contribution in [0.25, 0.3) is 0 Å². The van der Waals surface area contributed by atoms with E-state index in [9.17, 15) is 0 Å².